The van der Waals surface area contributed by atoms with Crippen molar-refractivity contribution in [3.63, 3.8) is 0 Å². The lowest BCUT2D eigenvalue weighted by atomic mass is 9.74. The van der Waals surface area contributed by atoms with Gasteiger partial charge in [0, 0.05) is 56.8 Å². The fourth-order valence-corrected chi connectivity index (χ4v) is 7.33. The van der Waals surface area contributed by atoms with Gasteiger partial charge in [0.15, 0.2) is 0 Å². The van der Waals surface area contributed by atoms with Crippen LogP contribution in [0.5, 0.6) is 0 Å². The number of rotatable bonds is 8. The molecule has 4 heterocycles. The second kappa shape index (κ2) is 11.8. The average Bonchev–Trinajstić information content (AvgIpc) is 3.24. The number of nitrogens with zero attached hydrogens (tertiary/aromatic N) is 3. The van der Waals surface area contributed by atoms with Gasteiger partial charge in [0.05, 0.1) is 36.0 Å². The second-order valence-electron chi connectivity index (χ2n) is 12.0. The number of morpholine rings is 1. The van der Waals surface area contributed by atoms with E-state index in [-0.39, 0.29) is 41.5 Å². The van der Waals surface area contributed by atoms with Gasteiger partial charge in [0.2, 0.25) is 10.0 Å². The molecular weight excluding hydrogens is 548 g/mol. The number of esters is 1. The molecule has 0 bridgehead atoms. The minimum absolute atomic E-state index is 0.0567. The molecule has 1 aromatic heterocycles. The number of nitrogens with one attached hydrogen (secondary N) is 1. The number of hydrogen-bond acceptors (Lipinski definition) is 8. The molecule has 5 rings (SSSR count). The summed E-state index contributed by atoms with van der Waals surface area (Å²) < 4.78 is 45.9. The zero-order valence-corrected chi connectivity index (χ0v) is 24.9. The van der Waals surface area contributed by atoms with Gasteiger partial charge < -0.3 is 19.5 Å². The van der Waals surface area contributed by atoms with E-state index in [2.05, 4.69) is 5.32 Å². The molecule has 12 heteroatoms. The molecule has 3 aliphatic heterocycles. The van der Waals surface area contributed by atoms with Crippen molar-refractivity contribution in [1.29, 1.82) is 0 Å². The fraction of sp³-hybridized carbons (Fsp3) is 0.621. The van der Waals surface area contributed by atoms with E-state index in [0.29, 0.717) is 51.6 Å². The molecule has 0 unspecified atom stereocenters. The van der Waals surface area contributed by atoms with Gasteiger partial charge >= 0.3 is 5.97 Å². The molecule has 0 saturated carbocycles. The number of carbonyl (C=O) groups excluding carboxylic acids is 2. The van der Waals surface area contributed by atoms with Crippen LogP contribution >= 0.6 is 0 Å². The molecular formula is C29H40N4O7S. The SMILES string of the molecule is CCn1nc(CC(C)(C)COC(=O)c2cccc(S(=O)(=O)N3CCOCC3)c2)c2c1C(=O)NCC1(CCOCC1)C2. The van der Waals surface area contributed by atoms with Crippen LogP contribution in [-0.2, 0) is 43.6 Å². The van der Waals surface area contributed by atoms with E-state index in [1.54, 1.807) is 16.8 Å². The minimum Gasteiger partial charge on any atom is -0.462 e. The lowest BCUT2D eigenvalue weighted by molar-refractivity contribution is 0.0159. The van der Waals surface area contributed by atoms with Crippen LogP contribution in [0.4, 0.5) is 0 Å². The zero-order chi connectivity index (χ0) is 29.3. The second-order valence-corrected chi connectivity index (χ2v) is 14.0. The Balaban J connectivity index is 1.30. The standard InChI is InChI=1S/C29H40N4O7S/c1-4-33-25-23(17-29(19-30-26(25)34)8-12-38-13-9-29)24(31-33)18-28(2,3)20-40-27(35)21-6-5-7-22(16-21)41(36,37)32-10-14-39-15-11-32/h5-7,16H,4,8-15,17-20H2,1-3H3,(H,30,34). The lowest BCUT2D eigenvalue weighted by Gasteiger charge is -2.36. The predicted molar refractivity (Wildman–Crippen MR) is 150 cm³/mol. The Morgan fingerprint density at radius 1 is 1.15 bits per heavy atom. The van der Waals surface area contributed by atoms with E-state index in [1.165, 1.54) is 16.4 Å². The van der Waals surface area contributed by atoms with Crippen LogP contribution in [0.25, 0.3) is 0 Å². The maximum absolute atomic E-state index is 13.1. The first-order valence-corrected chi connectivity index (χ1v) is 15.8. The molecule has 1 aromatic carbocycles. The summed E-state index contributed by atoms with van der Waals surface area (Å²) in [5.74, 6) is -0.685. The minimum atomic E-state index is -3.74. The predicted octanol–water partition coefficient (Wildman–Crippen LogP) is 2.43. The van der Waals surface area contributed by atoms with Crippen molar-refractivity contribution in [3.8, 4) is 0 Å². The quantitative estimate of drug-likeness (QED) is 0.466. The van der Waals surface area contributed by atoms with Crippen molar-refractivity contribution in [1.82, 2.24) is 19.4 Å². The molecule has 1 spiro atoms. The third kappa shape index (κ3) is 6.35. The van der Waals surface area contributed by atoms with Crippen molar-refractivity contribution in [2.24, 2.45) is 10.8 Å². The molecule has 0 aliphatic carbocycles. The Hall–Kier alpha value is -2.80. The van der Waals surface area contributed by atoms with Gasteiger partial charge in [0.1, 0.15) is 5.69 Å². The molecule has 11 nitrogen and oxygen atoms in total. The molecule has 2 aromatic rings. The molecule has 1 amide bonds. The normalized spacial score (nSPS) is 19.8. The van der Waals surface area contributed by atoms with Gasteiger partial charge in [-0.05, 0) is 49.8 Å². The molecule has 41 heavy (non-hydrogen) atoms. The van der Waals surface area contributed by atoms with E-state index in [9.17, 15) is 18.0 Å². The van der Waals surface area contributed by atoms with E-state index >= 15 is 0 Å². The summed E-state index contributed by atoms with van der Waals surface area (Å²) in [6.07, 6.45) is 3.02. The van der Waals surface area contributed by atoms with Crippen LogP contribution in [0.1, 0.15) is 65.7 Å². The van der Waals surface area contributed by atoms with Gasteiger partial charge in [-0.25, -0.2) is 13.2 Å². The molecule has 0 radical (unpaired) electrons. The highest BCUT2D eigenvalue weighted by molar-refractivity contribution is 7.89. The highest BCUT2D eigenvalue weighted by Crippen LogP contribution is 2.39. The number of carbonyl (C=O) groups is 2. The van der Waals surface area contributed by atoms with Crippen molar-refractivity contribution >= 4 is 21.9 Å². The van der Waals surface area contributed by atoms with Crippen LogP contribution in [0.2, 0.25) is 0 Å². The fourth-order valence-electron chi connectivity index (χ4n) is 5.87. The molecule has 3 aliphatic rings. The average molecular weight is 589 g/mol. The van der Waals surface area contributed by atoms with E-state index < -0.39 is 21.4 Å². The van der Waals surface area contributed by atoms with Crippen molar-refractivity contribution in [2.45, 2.75) is 57.9 Å². The van der Waals surface area contributed by atoms with Gasteiger partial charge in [-0.1, -0.05) is 19.9 Å². The highest BCUT2D eigenvalue weighted by Gasteiger charge is 2.40. The first-order valence-electron chi connectivity index (χ1n) is 14.3. The maximum atomic E-state index is 13.1. The Bertz CT molecular complexity index is 1390. The topological polar surface area (TPSA) is 129 Å². The summed E-state index contributed by atoms with van der Waals surface area (Å²) in [4.78, 5) is 26.2. The van der Waals surface area contributed by atoms with Crippen LogP contribution in [0.3, 0.4) is 0 Å². The molecule has 1 N–H and O–H groups in total. The summed E-state index contributed by atoms with van der Waals surface area (Å²) in [6, 6.07) is 5.97. The molecule has 0 atom stereocenters. The van der Waals surface area contributed by atoms with Crippen LogP contribution in [0.15, 0.2) is 29.2 Å². The zero-order valence-electron chi connectivity index (χ0n) is 24.1. The number of benzene rings is 1. The summed E-state index contributed by atoms with van der Waals surface area (Å²) in [7, 11) is -3.74. The number of aromatic nitrogens is 2. The van der Waals surface area contributed by atoms with Crippen molar-refractivity contribution in [3.05, 3.63) is 46.8 Å². The number of ether oxygens (including phenoxy) is 3. The van der Waals surface area contributed by atoms with Crippen molar-refractivity contribution < 1.29 is 32.2 Å². The number of amides is 1. The number of sulfonamides is 1. The van der Waals surface area contributed by atoms with Gasteiger partial charge in [-0.15, -0.1) is 0 Å². The van der Waals surface area contributed by atoms with E-state index in [4.69, 9.17) is 19.3 Å². The van der Waals surface area contributed by atoms with E-state index in [1.807, 2.05) is 20.8 Å². The third-order valence-corrected chi connectivity index (χ3v) is 10.2. The van der Waals surface area contributed by atoms with Crippen molar-refractivity contribution in [2.75, 3.05) is 52.7 Å². The molecule has 2 fully saturated rings. The summed E-state index contributed by atoms with van der Waals surface area (Å²) in [5.41, 5.74) is 2.08. The largest absolute Gasteiger partial charge is 0.462 e. The summed E-state index contributed by atoms with van der Waals surface area (Å²) >= 11 is 0. The maximum Gasteiger partial charge on any atom is 0.338 e. The van der Waals surface area contributed by atoms with Crippen LogP contribution in [0, 0.1) is 10.8 Å². The summed E-state index contributed by atoms with van der Waals surface area (Å²) in [5, 5.41) is 7.97. The van der Waals surface area contributed by atoms with Gasteiger partial charge in [-0.2, -0.15) is 9.40 Å². The lowest BCUT2D eigenvalue weighted by Crippen LogP contribution is -2.40. The Kier molecular flexibility index (Phi) is 8.56. The summed E-state index contributed by atoms with van der Waals surface area (Å²) in [6.45, 7) is 9.86. The first kappa shape index (κ1) is 29.7. The highest BCUT2D eigenvalue weighted by atomic mass is 32.2. The Morgan fingerprint density at radius 3 is 2.56 bits per heavy atom. The van der Waals surface area contributed by atoms with Crippen LogP contribution < -0.4 is 5.32 Å². The Labute approximate surface area is 241 Å². The van der Waals surface area contributed by atoms with Gasteiger partial charge in [-0.3, -0.25) is 9.48 Å². The monoisotopic (exact) mass is 588 g/mol. The van der Waals surface area contributed by atoms with Gasteiger partial charge in [0.25, 0.3) is 5.91 Å². The smallest absolute Gasteiger partial charge is 0.338 e. The molecule has 224 valence electrons. The number of aryl methyl sites for hydroxylation is 1. The van der Waals surface area contributed by atoms with Crippen LogP contribution in [-0.4, -0.2) is 87.0 Å². The number of fused-ring (bicyclic) bond motifs is 1. The first-order chi connectivity index (χ1) is 19.5. The number of hydrogen-bond donors (Lipinski definition) is 1. The Morgan fingerprint density at radius 2 is 1.85 bits per heavy atom. The third-order valence-electron chi connectivity index (χ3n) is 8.30. The molecule has 2 saturated heterocycles. The van der Waals surface area contributed by atoms with E-state index in [0.717, 1.165) is 30.5 Å².